The molecule has 0 spiro atoms. The van der Waals surface area contributed by atoms with Crippen LogP contribution in [-0.2, 0) is 7.05 Å². The van der Waals surface area contributed by atoms with Crippen LogP contribution in [0.4, 0.5) is 0 Å². The van der Waals surface area contributed by atoms with Gasteiger partial charge in [0.15, 0.2) is 0 Å². The van der Waals surface area contributed by atoms with E-state index in [0.29, 0.717) is 16.2 Å². The molecule has 2 aromatic heterocycles. The molecule has 0 aliphatic carbocycles. The van der Waals surface area contributed by atoms with Crippen molar-refractivity contribution in [1.82, 2.24) is 14.3 Å². The minimum absolute atomic E-state index is 0.140. The molecule has 0 N–H and O–H groups in total. The minimum atomic E-state index is -0.140. The highest BCUT2D eigenvalue weighted by Gasteiger charge is 2.14. The van der Waals surface area contributed by atoms with Crippen LogP contribution in [0.25, 0.3) is 27.5 Å². The van der Waals surface area contributed by atoms with E-state index in [4.69, 9.17) is 11.6 Å². The summed E-state index contributed by atoms with van der Waals surface area (Å²) in [5.74, 6) is 0. The van der Waals surface area contributed by atoms with E-state index in [0.717, 1.165) is 16.3 Å². The molecule has 0 aliphatic rings. The Morgan fingerprint density at radius 3 is 2.50 bits per heavy atom. The van der Waals surface area contributed by atoms with Crippen LogP contribution in [-0.4, -0.2) is 14.3 Å². The summed E-state index contributed by atoms with van der Waals surface area (Å²) < 4.78 is 3.32. The first-order valence-corrected chi connectivity index (χ1v) is 7.26. The summed E-state index contributed by atoms with van der Waals surface area (Å²) >= 11 is 5.90. The van der Waals surface area contributed by atoms with Crippen LogP contribution in [0.3, 0.4) is 0 Å². The molecular weight excluding hydrogens is 298 g/mol. The highest BCUT2D eigenvalue weighted by atomic mass is 35.5. The van der Waals surface area contributed by atoms with Gasteiger partial charge in [0, 0.05) is 28.4 Å². The van der Waals surface area contributed by atoms with Crippen LogP contribution in [0.2, 0.25) is 5.02 Å². The zero-order valence-corrected chi connectivity index (χ0v) is 12.6. The van der Waals surface area contributed by atoms with Crippen molar-refractivity contribution >= 4 is 33.4 Å². The number of halogens is 1. The molecule has 0 fully saturated rings. The largest absolute Gasteiger partial charge is 0.339 e. The normalized spacial score (nSPS) is 11.4. The average Bonchev–Trinajstić information content (AvgIpc) is 2.83. The van der Waals surface area contributed by atoms with Gasteiger partial charge in [-0.15, -0.1) is 0 Å². The molecule has 2 aromatic carbocycles. The number of benzene rings is 2. The number of rotatable bonds is 1. The first kappa shape index (κ1) is 13.1. The number of fused-ring (bicyclic) bond motifs is 3. The minimum Gasteiger partial charge on any atom is -0.339 e. The fourth-order valence-electron chi connectivity index (χ4n) is 2.85. The van der Waals surface area contributed by atoms with Crippen LogP contribution in [0, 0.1) is 0 Å². The van der Waals surface area contributed by atoms with Crippen molar-refractivity contribution in [1.29, 1.82) is 0 Å². The predicted octanol–water partition coefficient (Wildman–Crippen LogP) is 3.53. The maximum atomic E-state index is 12.9. The monoisotopic (exact) mass is 309 g/mol. The maximum Gasteiger partial charge on any atom is 0.296 e. The van der Waals surface area contributed by atoms with Crippen LogP contribution >= 0.6 is 11.6 Å². The standard InChI is InChI=1S/C17H12ClN3O/c1-20-15-5-3-2-4-13(15)14-10-19-21(17(22)16(14)20)12-8-6-11(18)7-9-12/h2-10H,1H3. The van der Waals surface area contributed by atoms with Gasteiger partial charge in [0.25, 0.3) is 5.56 Å². The van der Waals surface area contributed by atoms with Gasteiger partial charge in [-0.2, -0.15) is 9.78 Å². The first-order chi connectivity index (χ1) is 10.7. The number of aryl methyl sites for hydroxylation is 1. The molecule has 4 nitrogen and oxygen atoms in total. The molecule has 0 saturated heterocycles. The number of hydrogen-bond donors (Lipinski definition) is 0. The van der Waals surface area contributed by atoms with Crippen molar-refractivity contribution in [2.75, 3.05) is 0 Å². The third-order valence-corrected chi connectivity index (χ3v) is 4.17. The van der Waals surface area contributed by atoms with Gasteiger partial charge >= 0.3 is 0 Å². The van der Waals surface area contributed by atoms with Gasteiger partial charge < -0.3 is 4.57 Å². The van der Waals surface area contributed by atoms with E-state index in [-0.39, 0.29) is 5.56 Å². The van der Waals surface area contributed by atoms with Crippen molar-refractivity contribution < 1.29 is 0 Å². The van der Waals surface area contributed by atoms with E-state index < -0.39 is 0 Å². The summed E-state index contributed by atoms with van der Waals surface area (Å²) in [5, 5.41) is 6.85. The Morgan fingerprint density at radius 2 is 1.73 bits per heavy atom. The van der Waals surface area contributed by atoms with Crippen molar-refractivity contribution in [2.45, 2.75) is 0 Å². The predicted molar refractivity (Wildman–Crippen MR) is 88.8 cm³/mol. The Bertz CT molecular complexity index is 1060. The fourth-order valence-corrected chi connectivity index (χ4v) is 2.97. The molecule has 0 radical (unpaired) electrons. The van der Waals surface area contributed by atoms with E-state index in [2.05, 4.69) is 5.10 Å². The average molecular weight is 310 g/mol. The van der Waals surface area contributed by atoms with E-state index in [1.165, 1.54) is 4.68 Å². The number of nitrogens with zero attached hydrogens (tertiary/aromatic N) is 3. The smallest absolute Gasteiger partial charge is 0.296 e. The lowest BCUT2D eigenvalue weighted by molar-refractivity contribution is 0.811. The lowest BCUT2D eigenvalue weighted by atomic mass is 10.2. The van der Waals surface area contributed by atoms with Gasteiger partial charge in [-0.1, -0.05) is 29.8 Å². The molecule has 4 rings (SSSR count). The lowest BCUT2D eigenvalue weighted by Gasteiger charge is -2.05. The van der Waals surface area contributed by atoms with E-state index in [1.807, 2.05) is 35.9 Å². The molecule has 0 bridgehead atoms. The van der Waals surface area contributed by atoms with Crippen molar-refractivity contribution in [3.63, 3.8) is 0 Å². The number of para-hydroxylation sites is 1. The molecule has 0 atom stereocenters. The Hall–Kier alpha value is -2.59. The van der Waals surface area contributed by atoms with Gasteiger partial charge in [0.2, 0.25) is 0 Å². The van der Waals surface area contributed by atoms with Crippen LogP contribution in [0.15, 0.2) is 59.5 Å². The Balaban J connectivity index is 2.10. The number of hydrogen-bond acceptors (Lipinski definition) is 2. The van der Waals surface area contributed by atoms with Gasteiger partial charge in [-0.3, -0.25) is 4.79 Å². The zero-order valence-electron chi connectivity index (χ0n) is 11.8. The fraction of sp³-hybridized carbons (Fsp3) is 0.0588. The molecule has 0 aliphatic heterocycles. The molecule has 5 heteroatoms. The molecule has 0 amide bonds. The number of aromatic nitrogens is 3. The summed E-state index contributed by atoms with van der Waals surface area (Å²) in [4.78, 5) is 12.9. The highest BCUT2D eigenvalue weighted by Crippen LogP contribution is 2.25. The van der Waals surface area contributed by atoms with Crippen molar-refractivity contribution in [2.24, 2.45) is 7.05 Å². The van der Waals surface area contributed by atoms with E-state index in [9.17, 15) is 4.79 Å². The summed E-state index contributed by atoms with van der Waals surface area (Å²) in [6.07, 6.45) is 1.74. The van der Waals surface area contributed by atoms with Crippen LogP contribution < -0.4 is 5.56 Å². The molecule has 22 heavy (non-hydrogen) atoms. The first-order valence-electron chi connectivity index (χ1n) is 6.88. The third-order valence-electron chi connectivity index (χ3n) is 3.91. The lowest BCUT2D eigenvalue weighted by Crippen LogP contribution is -2.22. The van der Waals surface area contributed by atoms with Crippen LogP contribution in [0.1, 0.15) is 0 Å². The SMILES string of the molecule is Cn1c2ccccc2c2cnn(-c3ccc(Cl)cc3)c(=O)c21. The molecule has 0 unspecified atom stereocenters. The molecule has 2 heterocycles. The van der Waals surface area contributed by atoms with Crippen molar-refractivity contribution in [3.05, 3.63) is 70.1 Å². The molecular formula is C17H12ClN3O. The summed E-state index contributed by atoms with van der Waals surface area (Å²) in [6.45, 7) is 0. The molecule has 0 saturated carbocycles. The van der Waals surface area contributed by atoms with E-state index in [1.54, 1.807) is 30.5 Å². The van der Waals surface area contributed by atoms with Crippen LogP contribution in [0.5, 0.6) is 0 Å². The van der Waals surface area contributed by atoms with Gasteiger partial charge in [0.1, 0.15) is 5.52 Å². The molecule has 4 aromatic rings. The summed E-state index contributed by atoms with van der Waals surface area (Å²) in [6, 6.07) is 15.0. The maximum absolute atomic E-state index is 12.9. The van der Waals surface area contributed by atoms with Gasteiger partial charge in [0.05, 0.1) is 11.9 Å². The summed E-state index contributed by atoms with van der Waals surface area (Å²) in [7, 11) is 1.90. The Kier molecular flexibility index (Phi) is 2.81. The summed E-state index contributed by atoms with van der Waals surface area (Å²) in [5.41, 5.74) is 2.22. The second kappa shape index (κ2) is 4.71. The second-order valence-electron chi connectivity index (χ2n) is 5.18. The zero-order chi connectivity index (χ0) is 15.3. The Morgan fingerprint density at radius 1 is 1.00 bits per heavy atom. The van der Waals surface area contributed by atoms with Gasteiger partial charge in [-0.05, 0) is 30.3 Å². The van der Waals surface area contributed by atoms with E-state index >= 15 is 0 Å². The quantitative estimate of drug-likeness (QED) is 0.539. The molecule has 108 valence electrons. The Labute approximate surface area is 131 Å². The topological polar surface area (TPSA) is 39.8 Å². The highest BCUT2D eigenvalue weighted by molar-refractivity contribution is 6.30. The third kappa shape index (κ3) is 1.77. The van der Waals surface area contributed by atoms with Gasteiger partial charge in [-0.25, -0.2) is 0 Å². The van der Waals surface area contributed by atoms with Crippen molar-refractivity contribution in [3.8, 4) is 5.69 Å². The second-order valence-corrected chi connectivity index (χ2v) is 5.61.